The van der Waals surface area contributed by atoms with Gasteiger partial charge in [-0.1, -0.05) is 43.0 Å². The third kappa shape index (κ3) is 7.69. The summed E-state index contributed by atoms with van der Waals surface area (Å²) in [5, 5.41) is 2.35. The largest absolute Gasteiger partial charge is 0.461 e. The van der Waals surface area contributed by atoms with Crippen molar-refractivity contribution in [1.29, 1.82) is 0 Å². The molecule has 0 spiro atoms. The van der Waals surface area contributed by atoms with E-state index in [0.717, 1.165) is 19.3 Å². The quantitative estimate of drug-likeness (QED) is 0.0874. The molecular formula is C36H43ClN2O7. The number of benzene rings is 1. The average Bonchev–Trinajstić information content (AvgIpc) is 3.68. The second-order valence-electron chi connectivity index (χ2n) is 12.8. The topological polar surface area (TPSA) is 119 Å². The van der Waals surface area contributed by atoms with Gasteiger partial charge in [-0.05, 0) is 86.8 Å². The Balaban J connectivity index is 1.36. The van der Waals surface area contributed by atoms with E-state index in [1.54, 1.807) is 31.2 Å². The van der Waals surface area contributed by atoms with Crippen molar-refractivity contribution in [2.24, 2.45) is 35.0 Å². The highest BCUT2D eigenvalue weighted by atomic mass is 35.5. The van der Waals surface area contributed by atoms with Gasteiger partial charge in [0, 0.05) is 6.54 Å². The Bertz CT molecular complexity index is 1400. The number of amides is 3. The zero-order chi connectivity index (χ0) is 33.6. The van der Waals surface area contributed by atoms with Crippen molar-refractivity contribution in [2.75, 3.05) is 25.6 Å². The van der Waals surface area contributed by atoms with E-state index in [-0.39, 0.29) is 66.2 Å². The van der Waals surface area contributed by atoms with Crippen molar-refractivity contribution < 1.29 is 33.4 Å². The van der Waals surface area contributed by atoms with Gasteiger partial charge in [0.1, 0.15) is 6.61 Å². The molecule has 46 heavy (non-hydrogen) atoms. The number of carbonyl (C=O) groups excluding carboxylic acids is 5. The van der Waals surface area contributed by atoms with Gasteiger partial charge in [-0.3, -0.25) is 24.1 Å². The Hall–Kier alpha value is -3.98. The zero-order valence-corrected chi connectivity index (χ0v) is 27.3. The molecule has 0 bridgehead atoms. The number of Topliss-reactive ketones (excluding diaryl/α,β-unsaturated/α-hetero) is 1. The molecule has 7 unspecified atom stereocenters. The van der Waals surface area contributed by atoms with Crippen molar-refractivity contribution in [3.05, 3.63) is 85.0 Å². The number of imide groups is 1. The number of halogens is 1. The lowest BCUT2D eigenvalue weighted by Gasteiger charge is -2.28. The fourth-order valence-corrected chi connectivity index (χ4v) is 6.95. The molecule has 1 heterocycles. The summed E-state index contributed by atoms with van der Waals surface area (Å²) in [5.74, 6) is -0.927. The fraction of sp³-hybridized carbons (Fsp3) is 0.472. The van der Waals surface area contributed by atoms with E-state index in [9.17, 15) is 24.0 Å². The Labute approximate surface area is 275 Å². The summed E-state index contributed by atoms with van der Waals surface area (Å²) in [7, 11) is 0. The van der Waals surface area contributed by atoms with Crippen LogP contribution in [-0.4, -0.2) is 66.2 Å². The Morgan fingerprint density at radius 1 is 1.07 bits per heavy atom. The third-order valence-electron chi connectivity index (χ3n) is 9.58. The summed E-state index contributed by atoms with van der Waals surface area (Å²) in [4.78, 5) is 64.6. The number of alkyl halides is 1. The van der Waals surface area contributed by atoms with Crippen LogP contribution >= 0.6 is 11.6 Å². The first kappa shape index (κ1) is 34.9. The maximum Gasteiger partial charge on any atom is 0.407 e. The third-order valence-corrected chi connectivity index (χ3v) is 9.92. The van der Waals surface area contributed by atoms with Crippen LogP contribution in [0, 0.1) is 35.0 Å². The number of hydrogen-bond donors (Lipinski definition) is 1. The molecule has 10 heteroatoms. The van der Waals surface area contributed by atoms with Gasteiger partial charge < -0.3 is 14.8 Å². The van der Waals surface area contributed by atoms with Gasteiger partial charge in [0.15, 0.2) is 11.9 Å². The van der Waals surface area contributed by atoms with Crippen molar-refractivity contribution in [3.8, 4) is 0 Å². The molecular weight excluding hydrogens is 608 g/mol. The number of carbonyl (C=O) groups is 5. The van der Waals surface area contributed by atoms with Crippen LogP contribution in [0.3, 0.4) is 0 Å². The summed E-state index contributed by atoms with van der Waals surface area (Å²) in [5.41, 5.74) is 0.370. The number of hydrogen-bond acceptors (Lipinski definition) is 7. The normalized spacial score (nSPS) is 27.7. The molecule has 0 saturated heterocycles. The van der Waals surface area contributed by atoms with Gasteiger partial charge in [0.2, 0.25) is 0 Å². The number of rotatable bonds is 14. The molecule has 1 aliphatic heterocycles. The fourth-order valence-electron chi connectivity index (χ4n) is 6.80. The molecule has 3 aliphatic rings. The molecule has 7 atom stereocenters. The van der Waals surface area contributed by atoms with Gasteiger partial charge in [-0.25, -0.2) is 4.79 Å². The maximum absolute atomic E-state index is 13.5. The van der Waals surface area contributed by atoms with Crippen molar-refractivity contribution >= 4 is 41.3 Å². The Kier molecular flexibility index (Phi) is 11.4. The molecule has 1 aromatic rings. The molecule has 1 N–H and O–H groups in total. The first-order valence-electron chi connectivity index (χ1n) is 15.7. The van der Waals surface area contributed by atoms with E-state index < -0.39 is 23.6 Å². The van der Waals surface area contributed by atoms with E-state index in [2.05, 4.69) is 37.2 Å². The molecule has 4 rings (SSSR count). The van der Waals surface area contributed by atoms with E-state index in [4.69, 9.17) is 21.1 Å². The van der Waals surface area contributed by atoms with Gasteiger partial charge in [-0.15, -0.1) is 24.8 Å². The molecule has 2 fully saturated rings. The predicted molar refractivity (Wildman–Crippen MR) is 175 cm³/mol. The van der Waals surface area contributed by atoms with E-state index in [0.29, 0.717) is 29.7 Å². The highest BCUT2D eigenvalue weighted by Crippen LogP contribution is 2.49. The first-order chi connectivity index (χ1) is 21.9. The van der Waals surface area contributed by atoms with Crippen LogP contribution < -0.4 is 5.32 Å². The maximum atomic E-state index is 13.5. The SMILES string of the molecule is C=CC1CC(/C=C\C2CC(C=C)C(CN3C(=O)c4ccccc4C3=O)C2)C(C)(C(=O)OCC(CCl)OC(=O)NCC(=O)C(=C)C)C1. The van der Waals surface area contributed by atoms with Crippen LogP contribution in [0.25, 0.3) is 0 Å². The molecule has 3 amide bonds. The number of nitrogens with one attached hydrogen (secondary N) is 1. The standard InChI is InChI=1S/C36H43ClN2O7/c1-6-23-16-27(36(5,17-23)34(43)45-21-28(18-37)46-35(44)38-19-31(40)22(3)4)13-12-24-14-25(7-2)26(15-24)20-39-32(41)29-10-8-9-11-30(29)33(39)42/h6-13,23-28H,1-3,14-21H2,4-5H3,(H,38,44)/b13-12-. The number of fused-ring (bicyclic) bond motifs is 1. The minimum atomic E-state index is -0.895. The highest BCUT2D eigenvalue weighted by molar-refractivity contribution is 6.21. The highest BCUT2D eigenvalue weighted by Gasteiger charge is 2.49. The van der Waals surface area contributed by atoms with E-state index >= 15 is 0 Å². The number of ketones is 1. The molecule has 246 valence electrons. The van der Waals surface area contributed by atoms with Gasteiger partial charge >= 0.3 is 12.1 Å². The van der Waals surface area contributed by atoms with E-state index in [1.165, 1.54) is 4.90 Å². The number of nitrogens with zero attached hydrogens (tertiary/aromatic N) is 1. The van der Waals surface area contributed by atoms with Crippen LogP contribution in [0.15, 0.2) is 73.9 Å². The molecule has 1 aromatic carbocycles. The number of allylic oxidation sites excluding steroid dienone is 4. The zero-order valence-electron chi connectivity index (χ0n) is 26.5. The smallest absolute Gasteiger partial charge is 0.407 e. The molecule has 2 aliphatic carbocycles. The van der Waals surface area contributed by atoms with Crippen LogP contribution in [-0.2, 0) is 19.1 Å². The number of esters is 1. The lowest BCUT2D eigenvalue weighted by atomic mass is 9.79. The first-order valence-corrected chi connectivity index (χ1v) is 16.2. The molecule has 0 aromatic heterocycles. The predicted octanol–water partition coefficient (Wildman–Crippen LogP) is 5.91. The second kappa shape index (κ2) is 15.1. The second-order valence-corrected chi connectivity index (χ2v) is 13.1. The van der Waals surface area contributed by atoms with Gasteiger partial charge in [-0.2, -0.15) is 0 Å². The Morgan fingerprint density at radius 3 is 2.33 bits per heavy atom. The summed E-state index contributed by atoms with van der Waals surface area (Å²) < 4.78 is 10.9. The van der Waals surface area contributed by atoms with Crippen molar-refractivity contribution in [1.82, 2.24) is 10.2 Å². The van der Waals surface area contributed by atoms with Crippen LogP contribution in [0.5, 0.6) is 0 Å². The van der Waals surface area contributed by atoms with Crippen LogP contribution in [0.4, 0.5) is 4.79 Å². The molecule has 9 nitrogen and oxygen atoms in total. The summed E-state index contributed by atoms with van der Waals surface area (Å²) in [6.07, 6.45) is 9.20. The summed E-state index contributed by atoms with van der Waals surface area (Å²) in [6, 6.07) is 6.91. The summed E-state index contributed by atoms with van der Waals surface area (Å²) in [6.45, 7) is 14.8. The lowest BCUT2D eigenvalue weighted by Crippen LogP contribution is -2.38. The van der Waals surface area contributed by atoms with Crippen molar-refractivity contribution in [2.45, 2.75) is 45.6 Å². The Morgan fingerprint density at radius 2 is 1.74 bits per heavy atom. The molecule has 2 saturated carbocycles. The number of ether oxygens (including phenoxy) is 2. The van der Waals surface area contributed by atoms with Crippen LogP contribution in [0.1, 0.15) is 60.2 Å². The minimum absolute atomic E-state index is 0.0822. The summed E-state index contributed by atoms with van der Waals surface area (Å²) >= 11 is 5.98. The number of alkyl carbamates (subject to hydrolysis) is 1. The van der Waals surface area contributed by atoms with E-state index in [1.807, 2.05) is 19.1 Å². The molecule has 0 radical (unpaired) electrons. The van der Waals surface area contributed by atoms with Crippen molar-refractivity contribution in [3.63, 3.8) is 0 Å². The van der Waals surface area contributed by atoms with Gasteiger partial charge in [0.05, 0.1) is 29.0 Å². The van der Waals surface area contributed by atoms with Gasteiger partial charge in [0.25, 0.3) is 11.8 Å². The van der Waals surface area contributed by atoms with Crippen LogP contribution in [0.2, 0.25) is 0 Å². The minimum Gasteiger partial charge on any atom is -0.461 e. The lowest BCUT2D eigenvalue weighted by molar-refractivity contribution is -0.159. The average molecular weight is 651 g/mol. The monoisotopic (exact) mass is 650 g/mol.